The molecule has 1 N–H and O–H groups in total. The number of carbonyl (C=O) groups is 2. The van der Waals surface area contributed by atoms with Crippen LogP contribution in [0, 0.1) is 5.41 Å². The molecule has 2 fully saturated rings. The van der Waals surface area contributed by atoms with E-state index in [2.05, 4.69) is 10.2 Å². The van der Waals surface area contributed by atoms with Crippen LogP contribution in [0.25, 0.3) is 0 Å². The fraction of sp³-hybridized carbons (Fsp3) is 0.647. The van der Waals surface area contributed by atoms with E-state index in [4.69, 9.17) is 0 Å². The maximum Gasteiger partial charge on any atom is 0.270 e. The summed E-state index contributed by atoms with van der Waals surface area (Å²) in [6.07, 6.45) is 2.72. The van der Waals surface area contributed by atoms with Crippen LogP contribution in [0.15, 0.2) is 18.3 Å². The van der Waals surface area contributed by atoms with Crippen LogP contribution in [0.1, 0.15) is 30.8 Å². The summed E-state index contributed by atoms with van der Waals surface area (Å²) in [4.78, 5) is 28.8. The van der Waals surface area contributed by atoms with Gasteiger partial charge in [-0.2, -0.15) is 0 Å². The van der Waals surface area contributed by atoms with E-state index in [1.54, 1.807) is 0 Å². The highest BCUT2D eigenvalue weighted by molar-refractivity contribution is 5.93. The number of aryl methyl sites for hydroxylation is 1. The van der Waals surface area contributed by atoms with Gasteiger partial charge >= 0.3 is 0 Å². The molecule has 1 unspecified atom stereocenters. The molecule has 2 amide bonds. The first-order chi connectivity index (χ1) is 10.8. The van der Waals surface area contributed by atoms with Crippen LogP contribution in [-0.4, -0.2) is 64.9 Å². The van der Waals surface area contributed by atoms with Crippen molar-refractivity contribution in [1.82, 2.24) is 19.7 Å². The number of likely N-dealkylation sites (N-methyl/N-ethyl adjacent to an activating group) is 1. The van der Waals surface area contributed by atoms with Crippen molar-refractivity contribution < 1.29 is 9.59 Å². The first-order valence-electron chi connectivity index (χ1n) is 8.22. The molecule has 3 heterocycles. The minimum atomic E-state index is -0.0790. The van der Waals surface area contributed by atoms with E-state index >= 15 is 0 Å². The fourth-order valence-electron chi connectivity index (χ4n) is 3.92. The number of aromatic nitrogens is 1. The number of rotatable bonds is 3. The van der Waals surface area contributed by atoms with E-state index in [1.807, 2.05) is 55.7 Å². The van der Waals surface area contributed by atoms with E-state index in [9.17, 15) is 9.59 Å². The standard InChI is InChI=1S/C17H26N4O2/c1-12(2)18-15(22)14-8-17(9-20(14)4)10-21(11-17)16(23)13-6-5-7-19(13)3/h5-7,12,14H,8-11H2,1-4H3,(H,18,22). The highest BCUT2D eigenvalue weighted by Gasteiger charge is 2.53. The molecule has 2 saturated heterocycles. The Kier molecular flexibility index (Phi) is 3.96. The van der Waals surface area contributed by atoms with Gasteiger partial charge in [-0.25, -0.2) is 0 Å². The van der Waals surface area contributed by atoms with Gasteiger partial charge in [0.25, 0.3) is 5.91 Å². The zero-order valence-corrected chi connectivity index (χ0v) is 14.4. The molecule has 23 heavy (non-hydrogen) atoms. The molecule has 6 nitrogen and oxygen atoms in total. The first-order valence-corrected chi connectivity index (χ1v) is 8.22. The molecule has 3 rings (SSSR count). The normalized spacial score (nSPS) is 23.3. The molecule has 0 bridgehead atoms. The van der Waals surface area contributed by atoms with E-state index in [0.717, 1.165) is 31.7 Å². The van der Waals surface area contributed by atoms with Crippen LogP contribution in [-0.2, 0) is 11.8 Å². The summed E-state index contributed by atoms with van der Waals surface area (Å²) >= 11 is 0. The van der Waals surface area contributed by atoms with Crippen LogP contribution >= 0.6 is 0 Å². The van der Waals surface area contributed by atoms with Crippen molar-refractivity contribution >= 4 is 11.8 Å². The zero-order chi connectivity index (χ0) is 16.8. The highest BCUT2D eigenvalue weighted by atomic mass is 16.2. The zero-order valence-electron chi connectivity index (χ0n) is 14.4. The Morgan fingerprint density at radius 2 is 1.96 bits per heavy atom. The largest absolute Gasteiger partial charge is 0.353 e. The predicted octanol–water partition coefficient (Wildman–Crippen LogP) is 0.696. The van der Waals surface area contributed by atoms with Crippen molar-refractivity contribution in [2.24, 2.45) is 12.5 Å². The Hall–Kier alpha value is -1.82. The van der Waals surface area contributed by atoms with Crippen LogP contribution in [0.2, 0.25) is 0 Å². The monoisotopic (exact) mass is 318 g/mol. The number of nitrogens with one attached hydrogen (secondary N) is 1. The third-order valence-electron chi connectivity index (χ3n) is 4.98. The van der Waals surface area contributed by atoms with E-state index < -0.39 is 0 Å². The summed E-state index contributed by atoms with van der Waals surface area (Å²) in [5.74, 6) is 0.187. The molecular formula is C17H26N4O2. The van der Waals surface area contributed by atoms with Gasteiger partial charge in [-0.1, -0.05) is 0 Å². The summed E-state index contributed by atoms with van der Waals surface area (Å²) < 4.78 is 1.85. The fourth-order valence-corrected chi connectivity index (χ4v) is 3.92. The van der Waals surface area contributed by atoms with Crippen LogP contribution < -0.4 is 5.32 Å². The van der Waals surface area contributed by atoms with E-state index in [0.29, 0.717) is 0 Å². The molecule has 0 aliphatic carbocycles. The van der Waals surface area contributed by atoms with Crippen LogP contribution in [0.5, 0.6) is 0 Å². The number of carbonyl (C=O) groups excluding carboxylic acids is 2. The van der Waals surface area contributed by atoms with Gasteiger partial charge in [0.05, 0.1) is 6.04 Å². The highest BCUT2D eigenvalue weighted by Crippen LogP contribution is 2.42. The molecule has 1 aromatic rings. The first kappa shape index (κ1) is 16.1. The van der Waals surface area contributed by atoms with Crippen molar-refractivity contribution in [2.45, 2.75) is 32.4 Å². The lowest BCUT2D eigenvalue weighted by atomic mass is 9.77. The summed E-state index contributed by atoms with van der Waals surface area (Å²) in [6.45, 7) is 6.32. The van der Waals surface area contributed by atoms with Gasteiger partial charge in [0.2, 0.25) is 5.91 Å². The lowest BCUT2D eigenvalue weighted by Crippen LogP contribution is -2.59. The number of amides is 2. The summed E-state index contributed by atoms with van der Waals surface area (Å²) in [6, 6.07) is 3.82. The molecular weight excluding hydrogens is 292 g/mol. The second-order valence-corrected chi connectivity index (χ2v) is 7.46. The topological polar surface area (TPSA) is 57.6 Å². The molecule has 0 radical (unpaired) electrons. The molecule has 1 atom stereocenters. The summed E-state index contributed by atoms with van der Waals surface area (Å²) in [7, 11) is 3.89. The molecule has 0 saturated carbocycles. The van der Waals surface area contributed by atoms with E-state index in [1.165, 1.54) is 0 Å². The van der Waals surface area contributed by atoms with Gasteiger partial charge in [0.15, 0.2) is 0 Å². The predicted molar refractivity (Wildman–Crippen MR) is 88.1 cm³/mol. The average molecular weight is 318 g/mol. The Balaban J connectivity index is 1.61. The molecule has 1 spiro atoms. The second-order valence-electron chi connectivity index (χ2n) is 7.46. The molecule has 2 aliphatic heterocycles. The van der Waals surface area contributed by atoms with Crippen LogP contribution in [0.4, 0.5) is 0 Å². The van der Waals surface area contributed by atoms with E-state index in [-0.39, 0.29) is 29.3 Å². The third-order valence-corrected chi connectivity index (χ3v) is 4.98. The van der Waals surface area contributed by atoms with Gasteiger partial charge < -0.3 is 14.8 Å². The summed E-state index contributed by atoms with van der Waals surface area (Å²) in [5.41, 5.74) is 0.800. The molecule has 6 heteroatoms. The van der Waals surface area contributed by atoms with Gasteiger partial charge in [-0.3, -0.25) is 14.5 Å². The van der Waals surface area contributed by atoms with Gasteiger partial charge in [-0.05, 0) is 39.4 Å². The lowest BCUT2D eigenvalue weighted by Gasteiger charge is -2.48. The lowest BCUT2D eigenvalue weighted by molar-refractivity contribution is -0.125. The maximum atomic E-state index is 12.5. The summed E-state index contributed by atoms with van der Waals surface area (Å²) in [5, 5.41) is 3.00. The molecule has 126 valence electrons. The van der Waals surface area contributed by atoms with Gasteiger partial charge in [-0.15, -0.1) is 0 Å². The quantitative estimate of drug-likeness (QED) is 0.892. The smallest absolute Gasteiger partial charge is 0.270 e. The number of likely N-dealkylation sites (tertiary alicyclic amines) is 2. The average Bonchev–Trinajstić information content (AvgIpc) is 2.99. The minimum absolute atomic E-state index is 0.0779. The van der Waals surface area contributed by atoms with Crippen LogP contribution in [0.3, 0.4) is 0 Å². The second kappa shape index (κ2) is 5.67. The van der Waals surface area contributed by atoms with Gasteiger partial charge in [0, 0.05) is 44.3 Å². The third kappa shape index (κ3) is 2.87. The van der Waals surface area contributed by atoms with Crippen molar-refractivity contribution in [3.8, 4) is 0 Å². The number of nitrogens with zero attached hydrogens (tertiary/aromatic N) is 3. The molecule has 2 aliphatic rings. The Morgan fingerprint density at radius 3 is 2.52 bits per heavy atom. The molecule has 1 aromatic heterocycles. The number of hydrogen-bond acceptors (Lipinski definition) is 3. The van der Waals surface area contributed by atoms with Crippen molar-refractivity contribution in [3.05, 3.63) is 24.0 Å². The Labute approximate surface area is 137 Å². The van der Waals surface area contributed by atoms with Crippen molar-refractivity contribution in [3.63, 3.8) is 0 Å². The van der Waals surface area contributed by atoms with Crippen molar-refractivity contribution in [1.29, 1.82) is 0 Å². The number of hydrogen-bond donors (Lipinski definition) is 1. The van der Waals surface area contributed by atoms with Gasteiger partial charge in [0.1, 0.15) is 5.69 Å². The maximum absolute atomic E-state index is 12.5. The van der Waals surface area contributed by atoms with Crippen molar-refractivity contribution in [2.75, 3.05) is 26.7 Å². The SMILES string of the molecule is CC(C)NC(=O)C1CC2(CN(C(=O)c3cccn3C)C2)CN1C. The Bertz CT molecular complexity index is 616. The minimum Gasteiger partial charge on any atom is -0.353 e. The Morgan fingerprint density at radius 1 is 1.26 bits per heavy atom. The molecule has 0 aromatic carbocycles.